The van der Waals surface area contributed by atoms with E-state index >= 15 is 0 Å². The molecule has 0 aromatic carbocycles. The van der Waals surface area contributed by atoms with Gasteiger partial charge in [0.1, 0.15) is 0 Å². The van der Waals surface area contributed by atoms with Crippen LogP contribution in [0.1, 0.15) is 39.5 Å². The number of hydrogen-bond donors (Lipinski definition) is 0. The second-order valence-corrected chi connectivity index (χ2v) is 4.80. The fourth-order valence-electron chi connectivity index (χ4n) is 1.43. The van der Waals surface area contributed by atoms with Crippen LogP contribution in [-0.2, 0) is 0 Å². The Labute approximate surface area is 115 Å². The van der Waals surface area contributed by atoms with E-state index in [4.69, 9.17) is 0 Å². The summed E-state index contributed by atoms with van der Waals surface area (Å²) in [6.45, 7) is 18.4. The smallest absolute Gasteiger partial charge is 0.201 e. The molecule has 0 aliphatic carbocycles. The molecule has 0 bridgehead atoms. The summed E-state index contributed by atoms with van der Waals surface area (Å²) in [5.74, 6) is -2.89. The number of alkyl halides is 2. The molecule has 0 saturated carbocycles. The summed E-state index contributed by atoms with van der Waals surface area (Å²) in [5, 5.41) is 0. The van der Waals surface area contributed by atoms with Gasteiger partial charge < -0.3 is 0 Å². The minimum Gasteiger partial charge on any atom is -0.201 e. The van der Waals surface area contributed by atoms with Crippen LogP contribution in [0, 0.1) is 0 Å². The molecule has 0 rings (SSSR count). The van der Waals surface area contributed by atoms with Crippen molar-refractivity contribution in [2.24, 2.45) is 0 Å². The van der Waals surface area contributed by atoms with Crippen LogP contribution in [0.4, 0.5) is 8.78 Å². The van der Waals surface area contributed by atoms with Crippen molar-refractivity contribution in [3.63, 3.8) is 0 Å². The normalized spacial score (nSPS) is 11.6. The van der Waals surface area contributed by atoms with E-state index < -0.39 is 5.92 Å². The molecule has 19 heavy (non-hydrogen) atoms. The van der Waals surface area contributed by atoms with Gasteiger partial charge in [-0.05, 0) is 24.5 Å². The van der Waals surface area contributed by atoms with E-state index in [2.05, 4.69) is 26.3 Å². The van der Waals surface area contributed by atoms with Crippen LogP contribution >= 0.6 is 0 Å². The second kappa shape index (κ2) is 7.88. The minimum atomic E-state index is -2.89. The lowest BCUT2D eigenvalue weighted by Crippen LogP contribution is -2.19. The average Bonchev–Trinajstić information content (AvgIpc) is 2.34. The topological polar surface area (TPSA) is 0 Å². The zero-order chi connectivity index (χ0) is 15.1. The van der Waals surface area contributed by atoms with E-state index in [9.17, 15) is 8.78 Å². The summed E-state index contributed by atoms with van der Waals surface area (Å²) in [7, 11) is 0. The molecule has 0 aromatic rings. The predicted molar refractivity (Wildman–Crippen MR) is 80.5 cm³/mol. The van der Waals surface area contributed by atoms with E-state index in [1.54, 1.807) is 6.08 Å². The molecule has 0 aliphatic heterocycles. The van der Waals surface area contributed by atoms with Crippen molar-refractivity contribution in [2.75, 3.05) is 0 Å². The Kier molecular flexibility index (Phi) is 7.28. The molecule has 0 spiro atoms. The first-order chi connectivity index (χ1) is 8.72. The lowest BCUT2D eigenvalue weighted by Gasteiger charge is -2.19. The molecule has 0 aromatic heterocycles. The zero-order valence-corrected chi connectivity index (χ0v) is 12.1. The maximum Gasteiger partial charge on any atom is 0.273 e. The van der Waals surface area contributed by atoms with Crippen LogP contribution in [-0.4, -0.2) is 5.92 Å². The summed E-state index contributed by atoms with van der Waals surface area (Å²) in [5.41, 5.74) is 1.52. The maximum atomic E-state index is 13.8. The standard InChI is InChI=1S/C17H24F2/c1-7-8-9-12-17(18,19)16(6)15(5)11-10-14(4)13(2)3/h10-11H,2,4-9,12H2,1,3H3/b11-10-. The van der Waals surface area contributed by atoms with Crippen LogP contribution in [0.15, 0.2) is 60.8 Å². The predicted octanol–water partition coefficient (Wildman–Crippen LogP) is 6.00. The third kappa shape index (κ3) is 6.32. The van der Waals surface area contributed by atoms with Gasteiger partial charge in [-0.25, -0.2) is 8.78 Å². The van der Waals surface area contributed by atoms with Gasteiger partial charge in [0.15, 0.2) is 0 Å². The quantitative estimate of drug-likeness (QED) is 0.354. The number of unbranched alkanes of at least 4 members (excludes halogenated alkanes) is 2. The van der Waals surface area contributed by atoms with Gasteiger partial charge in [0.2, 0.25) is 0 Å². The van der Waals surface area contributed by atoms with Crippen molar-refractivity contribution in [3.05, 3.63) is 60.8 Å². The molecule has 0 radical (unpaired) electrons. The third-order valence-electron chi connectivity index (χ3n) is 2.96. The first-order valence-corrected chi connectivity index (χ1v) is 6.51. The Bertz CT molecular complexity index is 397. The molecule has 2 heteroatoms. The van der Waals surface area contributed by atoms with Gasteiger partial charge >= 0.3 is 0 Å². The molecule has 0 unspecified atom stereocenters. The average molecular weight is 266 g/mol. The molecule has 0 N–H and O–H groups in total. The van der Waals surface area contributed by atoms with Gasteiger partial charge in [0.25, 0.3) is 5.92 Å². The van der Waals surface area contributed by atoms with Crippen LogP contribution in [0.5, 0.6) is 0 Å². The van der Waals surface area contributed by atoms with Crippen molar-refractivity contribution in [1.29, 1.82) is 0 Å². The largest absolute Gasteiger partial charge is 0.273 e. The first kappa shape index (κ1) is 17.6. The Morgan fingerprint density at radius 2 is 1.53 bits per heavy atom. The highest BCUT2D eigenvalue weighted by molar-refractivity contribution is 5.44. The summed E-state index contributed by atoms with van der Waals surface area (Å²) in [6, 6.07) is 0. The minimum absolute atomic E-state index is 0.173. The van der Waals surface area contributed by atoms with Crippen LogP contribution < -0.4 is 0 Å². The molecule has 0 amide bonds. The highest BCUT2D eigenvalue weighted by Crippen LogP contribution is 2.33. The molecule has 0 nitrogen and oxygen atoms in total. The Hall–Kier alpha value is -1.44. The fraction of sp³-hybridized carbons (Fsp3) is 0.412. The molecular formula is C17H24F2. The van der Waals surface area contributed by atoms with E-state index in [0.717, 1.165) is 18.4 Å². The molecule has 0 saturated heterocycles. The fourth-order valence-corrected chi connectivity index (χ4v) is 1.43. The summed E-state index contributed by atoms with van der Waals surface area (Å²) < 4.78 is 27.7. The van der Waals surface area contributed by atoms with Crippen molar-refractivity contribution < 1.29 is 8.78 Å². The second-order valence-electron chi connectivity index (χ2n) is 4.80. The monoisotopic (exact) mass is 266 g/mol. The van der Waals surface area contributed by atoms with Gasteiger partial charge in [0.05, 0.1) is 0 Å². The highest BCUT2D eigenvalue weighted by Gasteiger charge is 2.32. The number of hydrogen-bond acceptors (Lipinski definition) is 0. The first-order valence-electron chi connectivity index (χ1n) is 6.51. The Morgan fingerprint density at radius 1 is 1.00 bits per heavy atom. The lowest BCUT2D eigenvalue weighted by molar-refractivity contribution is 0.0329. The Balaban J connectivity index is 4.59. The number of allylic oxidation sites excluding steroid dienone is 6. The van der Waals surface area contributed by atoms with Gasteiger partial charge in [0, 0.05) is 12.0 Å². The summed E-state index contributed by atoms with van der Waals surface area (Å²) >= 11 is 0. The van der Waals surface area contributed by atoms with E-state index in [-0.39, 0.29) is 17.6 Å². The van der Waals surface area contributed by atoms with Crippen LogP contribution in [0.25, 0.3) is 0 Å². The summed E-state index contributed by atoms with van der Waals surface area (Å²) in [4.78, 5) is 0. The van der Waals surface area contributed by atoms with Gasteiger partial charge in [-0.15, -0.1) is 0 Å². The maximum absolute atomic E-state index is 13.8. The SMILES string of the molecule is C=C(C)C(=C)/C=C\C(=C)C(=C)C(F)(F)CCCCC. The van der Waals surface area contributed by atoms with Crippen molar-refractivity contribution in [2.45, 2.75) is 45.5 Å². The van der Waals surface area contributed by atoms with Crippen molar-refractivity contribution in [3.8, 4) is 0 Å². The van der Waals surface area contributed by atoms with Gasteiger partial charge in [-0.2, -0.15) is 0 Å². The van der Waals surface area contributed by atoms with Crippen LogP contribution in [0.2, 0.25) is 0 Å². The van der Waals surface area contributed by atoms with E-state index in [1.165, 1.54) is 6.08 Å². The van der Waals surface area contributed by atoms with Gasteiger partial charge in [-0.3, -0.25) is 0 Å². The molecule has 0 fully saturated rings. The Morgan fingerprint density at radius 3 is 2.00 bits per heavy atom. The molecule has 0 atom stereocenters. The van der Waals surface area contributed by atoms with Crippen molar-refractivity contribution >= 4 is 0 Å². The number of halogens is 2. The molecular weight excluding hydrogens is 242 g/mol. The van der Waals surface area contributed by atoms with Gasteiger partial charge in [-0.1, -0.05) is 63.8 Å². The van der Waals surface area contributed by atoms with Crippen LogP contribution in [0.3, 0.4) is 0 Å². The molecule has 0 aliphatic rings. The molecule has 0 heterocycles. The third-order valence-corrected chi connectivity index (χ3v) is 2.96. The van der Waals surface area contributed by atoms with Crippen molar-refractivity contribution in [1.82, 2.24) is 0 Å². The molecule has 106 valence electrons. The lowest BCUT2D eigenvalue weighted by atomic mass is 9.97. The van der Waals surface area contributed by atoms with E-state index in [0.29, 0.717) is 12.0 Å². The number of rotatable bonds is 9. The highest BCUT2D eigenvalue weighted by atomic mass is 19.3. The van der Waals surface area contributed by atoms with E-state index in [1.807, 2.05) is 13.8 Å². The summed E-state index contributed by atoms with van der Waals surface area (Å²) in [6.07, 6.45) is 5.20. The zero-order valence-electron chi connectivity index (χ0n) is 12.1.